The first kappa shape index (κ1) is 28.3. The van der Waals surface area contributed by atoms with Gasteiger partial charge in [-0.05, 0) is 57.7 Å². The van der Waals surface area contributed by atoms with Crippen molar-refractivity contribution in [2.24, 2.45) is 0 Å². The van der Waals surface area contributed by atoms with E-state index in [0.717, 1.165) is 42.0 Å². The van der Waals surface area contributed by atoms with Crippen LogP contribution >= 0.6 is 0 Å². The molecular weight excluding hydrogens is 494 g/mol. The van der Waals surface area contributed by atoms with Crippen molar-refractivity contribution in [2.45, 2.75) is 78.2 Å². The van der Waals surface area contributed by atoms with Gasteiger partial charge in [0.15, 0.2) is 0 Å². The molecule has 1 aliphatic heterocycles. The number of rotatable bonds is 10. The van der Waals surface area contributed by atoms with E-state index < -0.39 is 17.6 Å². The Balaban J connectivity index is 1.56. The van der Waals surface area contributed by atoms with Gasteiger partial charge in [0.1, 0.15) is 5.82 Å². The van der Waals surface area contributed by atoms with Crippen LogP contribution in [0.5, 0.6) is 0 Å². The third-order valence-corrected chi connectivity index (χ3v) is 6.72. The first-order chi connectivity index (χ1) is 18.6. The Labute approximate surface area is 230 Å². The molecule has 0 aliphatic carbocycles. The van der Waals surface area contributed by atoms with Crippen LogP contribution < -0.4 is 10.6 Å². The van der Waals surface area contributed by atoms with Gasteiger partial charge in [-0.3, -0.25) is 14.3 Å². The van der Waals surface area contributed by atoms with E-state index in [2.05, 4.69) is 27.9 Å². The lowest BCUT2D eigenvalue weighted by Crippen LogP contribution is -2.31. The van der Waals surface area contributed by atoms with Crippen LogP contribution in [-0.4, -0.2) is 45.9 Å². The van der Waals surface area contributed by atoms with Crippen LogP contribution in [0.25, 0.3) is 0 Å². The number of fused-ring (bicyclic) bond motifs is 1. The average molecular weight is 534 g/mol. The molecule has 9 heteroatoms. The van der Waals surface area contributed by atoms with Gasteiger partial charge >= 0.3 is 5.97 Å². The number of ether oxygens (including phenoxy) is 2. The van der Waals surface area contributed by atoms with E-state index in [-0.39, 0.29) is 18.9 Å². The Bertz CT molecular complexity index is 1310. The molecule has 0 radical (unpaired) electrons. The largest absolute Gasteiger partial charge is 0.469 e. The topological polar surface area (TPSA) is 107 Å². The molecule has 3 heterocycles. The summed E-state index contributed by atoms with van der Waals surface area (Å²) in [4.78, 5) is 30.5. The summed E-state index contributed by atoms with van der Waals surface area (Å²) < 4.78 is 12.8. The summed E-state index contributed by atoms with van der Waals surface area (Å²) in [6, 6.07) is 11.4. The predicted octanol–water partition coefficient (Wildman–Crippen LogP) is 4.54. The van der Waals surface area contributed by atoms with Crippen molar-refractivity contribution in [2.75, 3.05) is 19.0 Å². The van der Waals surface area contributed by atoms with Crippen molar-refractivity contribution >= 4 is 17.7 Å². The van der Waals surface area contributed by atoms with Crippen molar-refractivity contribution in [3.8, 4) is 0 Å². The first-order valence-corrected chi connectivity index (χ1v) is 13.5. The molecule has 0 spiro atoms. The zero-order valence-electron chi connectivity index (χ0n) is 23.5. The number of carbonyl (C=O) groups excluding carboxylic acids is 2. The van der Waals surface area contributed by atoms with Crippen molar-refractivity contribution in [3.05, 3.63) is 76.2 Å². The summed E-state index contributed by atoms with van der Waals surface area (Å²) in [7, 11) is 1.34. The smallest absolute Gasteiger partial charge is 0.307 e. The van der Waals surface area contributed by atoms with E-state index in [1.807, 2.05) is 56.6 Å². The Morgan fingerprint density at radius 3 is 2.77 bits per heavy atom. The van der Waals surface area contributed by atoms with E-state index in [4.69, 9.17) is 14.5 Å². The summed E-state index contributed by atoms with van der Waals surface area (Å²) >= 11 is 0. The lowest BCUT2D eigenvalue weighted by molar-refractivity contribution is -0.141. The molecule has 1 atom stereocenters. The van der Waals surface area contributed by atoms with E-state index >= 15 is 0 Å². The van der Waals surface area contributed by atoms with Gasteiger partial charge in [-0.2, -0.15) is 5.10 Å². The molecule has 2 N–H and O–H groups in total. The number of nitrogens with zero attached hydrogens (tertiary/aromatic N) is 3. The van der Waals surface area contributed by atoms with Crippen LogP contribution in [0.4, 0.5) is 5.82 Å². The standard InChI is InChI=1S/C30H39N5O4/c1-20-8-6-9-22(16-20)25(17-27(36)38-5)34-29(37)24-18-32-35(26(24)19-39-30(2,3)4)15-13-23-12-11-21-10-7-14-31-28(21)33-23/h6,8-9,11-12,16,18,25H,7,10,13-15,17,19H2,1-5H3,(H,31,33)(H,34,37). The third kappa shape index (κ3) is 7.66. The number of pyridine rings is 1. The molecule has 9 nitrogen and oxygen atoms in total. The number of aryl methyl sites for hydroxylation is 4. The Morgan fingerprint density at radius 1 is 1.21 bits per heavy atom. The van der Waals surface area contributed by atoms with Gasteiger partial charge in [-0.1, -0.05) is 35.9 Å². The number of hydrogen-bond donors (Lipinski definition) is 2. The molecule has 1 aromatic carbocycles. The highest BCUT2D eigenvalue weighted by Crippen LogP contribution is 2.23. The van der Waals surface area contributed by atoms with Crippen LogP contribution in [0.1, 0.15) is 78.1 Å². The number of amides is 1. The van der Waals surface area contributed by atoms with Gasteiger partial charge < -0.3 is 20.1 Å². The summed E-state index contributed by atoms with van der Waals surface area (Å²) in [6.07, 6.45) is 4.42. The van der Waals surface area contributed by atoms with Crippen molar-refractivity contribution in [1.82, 2.24) is 20.1 Å². The number of aromatic nitrogens is 3. The number of methoxy groups -OCH3 is 1. The van der Waals surface area contributed by atoms with Crippen molar-refractivity contribution in [3.63, 3.8) is 0 Å². The highest BCUT2D eigenvalue weighted by Gasteiger charge is 2.25. The summed E-state index contributed by atoms with van der Waals surface area (Å²) in [5.41, 5.74) is 4.78. The molecule has 4 rings (SSSR count). The molecule has 3 aromatic rings. The van der Waals surface area contributed by atoms with Gasteiger partial charge in [-0.15, -0.1) is 0 Å². The fourth-order valence-electron chi connectivity index (χ4n) is 4.58. The molecular formula is C30H39N5O4. The molecule has 208 valence electrons. The zero-order chi connectivity index (χ0) is 28.0. The Hall–Kier alpha value is -3.72. The fourth-order valence-corrected chi connectivity index (χ4v) is 4.58. The SMILES string of the molecule is COC(=O)CC(NC(=O)c1cnn(CCc2ccc3c(n2)NCCC3)c1COC(C)(C)C)c1cccc(C)c1. The molecule has 0 saturated heterocycles. The zero-order valence-corrected chi connectivity index (χ0v) is 23.5. The second-order valence-corrected chi connectivity index (χ2v) is 10.9. The molecule has 2 aromatic heterocycles. The lowest BCUT2D eigenvalue weighted by atomic mass is 10.0. The van der Waals surface area contributed by atoms with E-state index in [9.17, 15) is 9.59 Å². The van der Waals surface area contributed by atoms with Crippen LogP contribution in [0.15, 0.2) is 42.6 Å². The van der Waals surface area contributed by atoms with Gasteiger partial charge in [-0.25, -0.2) is 4.98 Å². The summed E-state index contributed by atoms with van der Waals surface area (Å²) in [6.45, 7) is 9.60. The molecule has 39 heavy (non-hydrogen) atoms. The Kier molecular flexibility index (Phi) is 9.01. The molecule has 1 unspecified atom stereocenters. The molecule has 0 fully saturated rings. The maximum absolute atomic E-state index is 13.6. The van der Waals surface area contributed by atoms with Gasteiger partial charge in [0.05, 0.1) is 49.2 Å². The number of nitrogens with one attached hydrogen (secondary N) is 2. The van der Waals surface area contributed by atoms with Gasteiger partial charge in [0.25, 0.3) is 5.91 Å². The quantitative estimate of drug-likeness (QED) is 0.369. The number of carbonyl (C=O) groups is 2. The van der Waals surface area contributed by atoms with Gasteiger partial charge in [0.2, 0.25) is 0 Å². The van der Waals surface area contributed by atoms with E-state index in [0.29, 0.717) is 24.2 Å². The predicted molar refractivity (Wildman–Crippen MR) is 150 cm³/mol. The first-order valence-electron chi connectivity index (χ1n) is 13.5. The van der Waals surface area contributed by atoms with Crippen molar-refractivity contribution < 1.29 is 19.1 Å². The Morgan fingerprint density at radius 2 is 2.03 bits per heavy atom. The van der Waals surface area contributed by atoms with Crippen molar-refractivity contribution in [1.29, 1.82) is 0 Å². The molecule has 0 bridgehead atoms. The average Bonchev–Trinajstić information content (AvgIpc) is 3.32. The number of hydrogen-bond acceptors (Lipinski definition) is 7. The number of benzene rings is 1. The number of anilines is 1. The second kappa shape index (κ2) is 12.4. The fraction of sp³-hybridized carbons (Fsp3) is 0.467. The number of esters is 1. The van der Waals surface area contributed by atoms with E-state index in [1.54, 1.807) is 6.20 Å². The monoisotopic (exact) mass is 533 g/mol. The minimum atomic E-state index is -0.545. The van der Waals surface area contributed by atoms with Crippen LogP contribution in [0.3, 0.4) is 0 Å². The van der Waals surface area contributed by atoms with Crippen LogP contribution in [-0.2, 0) is 40.3 Å². The second-order valence-electron chi connectivity index (χ2n) is 10.9. The molecule has 1 aliphatic rings. The normalized spacial score (nSPS) is 13.8. The highest BCUT2D eigenvalue weighted by molar-refractivity contribution is 5.95. The van der Waals surface area contributed by atoms with Crippen LogP contribution in [0, 0.1) is 6.92 Å². The minimum absolute atomic E-state index is 0.0195. The van der Waals surface area contributed by atoms with E-state index in [1.165, 1.54) is 12.7 Å². The summed E-state index contributed by atoms with van der Waals surface area (Å²) in [5.74, 6) is 0.240. The third-order valence-electron chi connectivity index (χ3n) is 6.72. The maximum Gasteiger partial charge on any atom is 0.307 e. The summed E-state index contributed by atoms with van der Waals surface area (Å²) in [5, 5.41) is 11.0. The molecule has 1 amide bonds. The van der Waals surface area contributed by atoms with Crippen LogP contribution in [0.2, 0.25) is 0 Å². The highest BCUT2D eigenvalue weighted by atomic mass is 16.5. The lowest BCUT2D eigenvalue weighted by Gasteiger charge is -2.22. The molecule has 0 saturated carbocycles. The van der Waals surface area contributed by atoms with Gasteiger partial charge in [0, 0.05) is 25.2 Å². The maximum atomic E-state index is 13.6. The minimum Gasteiger partial charge on any atom is -0.469 e.